The van der Waals surface area contributed by atoms with Crippen molar-refractivity contribution in [3.8, 4) is 11.5 Å². The maximum absolute atomic E-state index is 5.59. The van der Waals surface area contributed by atoms with Crippen LogP contribution >= 0.6 is 22.6 Å². The van der Waals surface area contributed by atoms with Crippen LogP contribution in [0.1, 0.15) is 18.9 Å². The summed E-state index contributed by atoms with van der Waals surface area (Å²) in [5.41, 5.74) is 0.953. The molecule has 1 unspecified atom stereocenters. The number of halogens is 1. The molecule has 5 heteroatoms. The molecule has 1 N–H and O–H groups in total. The summed E-state index contributed by atoms with van der Waals surface area (Å²) in [6.07, 6.45) is 0. The Morgan fingerprint density at radius 1 is 1.38 bits per heavy atom. The molecule has 1 atom stereocenters. The summed E-state index contributed by atoms with van der Waals surface area (Å²) < 4.78 is 6.74. The molecule has 1 heterocycles. The molecule has 0 fully saturated rings. The Morgan fingerprint density at radius 3 is 2.88 bits per heavy atom. The molecule has 4 nitrogen and oxygen atoms in total. The van der Waals surface area contributed by atoms with E-state index in [1.807, 2.05) is 38.2 Å². The maximum Gasteiger partial charge on any atom is 0.247 e. The first-order chi connectivity index (χ1) is 7.70. The van der Waals surface area contributed by atoms with Gasteiger partial charge in [0.05, 0.1) is 6.04 Å². The van der Waals surface area contributed by atoms with Gasteiger partial charge in [0.2, 0.25) is 11.8 Å². The van der Waals surface area contributed by atoms with Crippen molar-refractivity contribution in [3.05, 3.63) is 33.7 Å². The average molecular weight is 329 g/mol. The predicted octanol–water partition coefficient (Wildman–Crippen LogP) is 2.62. The van der Waals surface area contributed by atoms with Gasteiger partial charge >= 0.3 is 0 Å². The zero-order chi connectivity index (χ0) is 11.5. The zero-order valence-electron chi connectivity index (χ0n) is 9.07. The van der Waals surface area contributed by atoms with Crippen molar-refractivity contribution >= 4 is 22.6 Å². The Kier molecular flexibility index (Phi) is 3.55. The van der Waals surface area contributed by atoms with E-state index in [4.69, 9.17) is 4.42 Å². The number of nitrogens with zero attached hydrogens (tertiary/aromatic N) is 2. The van der Waals surface area contributed by atoms with Crippen molar-refractivity contribution in [2.75, 3.05) is 7.05 Å². The third-order valence-corrected chi connectivity index (χ3v) is 2.99. The van der Waals surface area contributed by atoms with Crippen LogP contribution in [-0.4, -0.2) is 17.2 Å². The molecule has 0 aliphatic carbocycles. The van der Waals surface area contributed by atoms with Gasteiger partial charge in [0.25, 0.3) is 0 Å². The minimum atomic E-state index is 0.0732. The zero-order valence-corrected chi connectivity index (χ0v) is 11.2. The predicted molar refractivity (Wildman–Crippen MR) is 69.9 cm³/mol. The van der Waals surface area contributed by atoms with Crippen molar-refractivity contribution < 1.29 is 4.42 Å². The molecule has 0 aliphatic rings. The summed E-state index contributed by atoms with van der Waals surface area (Å²) in [5, 5.41) is 11.1. The normalized spacial score (nSPS) is 12.7. The summed E-state index contributed by atoms with van der Waals surface area (Å²) in [6.45, 7) is 1.98. The molecule has 0 amide bonds. The van der Waals surface area contributed by atoms with E-state index in [0.29, 0.717) is 11.8 Å². The molecular formula is C11H12IN3O. The number of hydrogen-bond donors (Lipinski definition) is 1. The van der Waals surface area contributed by atoms with Gasteiger partial charge < -0.3 is 9.73 Å². The third-order valence-electron chi connectivity index (χ3n) is 2.32. The summed E-state index contributed by atoms with van der Waals surface area (Å²) in [6, 6.07) is 8.05. The number of hydrogen-bond acceptors (Lipinski definition) is 4. The highest BCUT2D eigenvalue weighted by atomic mass is 127. The molecule has 0 spiro atoms. The third kappa shape index (κ3) is 2.41. The van der Waals surface area contributed by atoms with E-state index in [0.717, 1.165) is 9.13 Å². The van der Waals surface area contributed by atoms with Gasteiger partial charge in [-0.15, -0.1) is 10.2 Å². The number of aromatic nitrogens is 2. The second-order valence-corrected chi connectivity index (χ2v) is 4.71. The van der Waals surface area contributed by atoms with Crippen LogP contribution in [0, 0.1) is 3.57 Å². The highest BCUT2D eigenvalue weighted by Gasteiger charge is 2.12. The summed E-state index contributed by atoms with van der Waals surface area (Å²) in [7, 11) is 1.86. The van der Waals surface area contributed by atoms with Crippen molar-refractivity contribution in [1.82, 2.24) is 15.5 Å². The molecule has 1 aromatic heterocycles. The Balaban J connectivity index is 2.31. The molecule has 16 heavy (non-hydrogen) atoms. The fourth-order valence-corrected chi connectivity index (χ4v) is 1.81. The lowest BCUT2D eigenvalue weighted by molar-refractivity contribution is 0.441. The fourth-order valence-electron chi connectivity index (χ4n) is 1.27. The van der Waals surface area contributed by atoms with Crippen molar-refractivity contribution in [3.63, 3.8) is 0 Å². The molecule has 2 aromatic rings. The van der Waals surface area contributed by atoms with Gasteiger partial charge in [-0.05, 0) is 54.8 Å². The first-order valence-electron chi connectivity index (χ1n) is 4.97. The van der Waals surface area contributed by atoms with E-state index in [1.54, 1.807) is 0 Å². The first-order valence-corrected chi connectivity index (χ1v) is 6.05. The molecule has 0 radical (unpaired) electrons. The molecule has 0 saturated carbocycles. The number of rotatable bonds is 3. The number of benzene rings is 1. The van der Waals surface area contributed by atoms with Gasteiger partial charge in [-0.1, -0.05) is 6.07 Å². The van der Waals surface area contributed by atoms with Gasteiger partial charge in [-0.2, -0.15) is 0 Å². The highest BCUT2D eigenvalue weighted by Crippen LogP contribution is 2.21. The summed E-state index contributed by atoms with van der Waals surface area (Å²) in [5.74, 6) is 1.17. The molecule has 2 rings (SSSR count). The van der Waals surface area contributed by atoms with Crippen molar-refractivity contribution in [2.24, 2.45) is 0 Å². The van der Waals surface area contributed by atoms with Gasteiger partial charge in [0, 0.05) is 9.13 Å². The molecular weight excluding hydrogens is 317 g/mol. The van der Waals surface area contributed by atoms with Gasteiger partial charge in [-0.25, -0.2) is 0 Å². The molecule has 1 aromatic carbocycles. The van der Waals surface area contributed by atoms with Crippen LogP contribution in [0.4, 0.5) is 0 Å². The van der Waals surface area contributed by atoms with Crippen LogP contribution in [0.2, 0.25) is 0 Å². The van der Waals surface area contributed by atoms with Crippen molar-refractivity contribution in [1.29, 1.82) is 0 Å². The number of nitrogens with one attached hydrogen (secondary N) is 1. The Bertz CT molecular complexity index is 484. The lowest BCUT2D eigenvalue weighted by atomic mass is 10.2. The topological polar surface area (TPSA) is 51.0 Å². The minimum absolute atomic E-state index is 0.0732. The van der Waals surface area contributed by atoms with Crippen LogP contribution in [0.15, 0.2) is 28.7 Å². The van der Waals surface area contributed by atoms with Crippen LogP contribution < -0.4 is 5.32 Å². The van der Waals surface area contributed by atoms with Gasteiger partial charge in [0.1, 0.15) is 0 Å². The standard InChI is InChI=1S/C11H12IN3O/c1-7(13-2)10-14-15-11(16-10)8-4-3-5-9(12)6-8/h3-7,13H,1-2H3. The maximum atomic E-state index is 5.59. The first kappa shape index (κ1) is 11.5. The van der Waals surface area contributed by atoms with E-state index in [2.05, 4.69) is 38.1 Å². The quantitative estimate of drug-likeness (QED) is 0.880. The molecule has 0 bridgehead atoms. The van der Waals surface area contributed by atoms with Crippen LogP contribution in [0.3, 0.4) is 0 Å². The van der Waals surface area contributed by atoms with E-state index in [-0.39, 0.29) is 6.04 Å². The van der Waals surface area contributed by atoms with Crippen molar-refractivity contribution in [2.45, 2.75) is 13.0 Å². The Morgan fingerprint density at radius 2 is 2.19 bits per heavy atom. The molecule has 0 saturated heterocycles. The van der Waals surface area contributed by atoms with E-state index < -0.39 is 0 Å². The van der Waals surface area contributed by atoms with E-state index >= 15 is 0 Å². The lowest BCUT2D eigenvalue weighted by Gasteiger charge is -2.02. The highest BCUT2D eigenvalue weighted by molar-refractivity contribution is 14.1. The Labute approximate surface area is 108 Å². The monoisotopic (exact) mass is 329 g/mol. The van der Waals surface area contributed by atoms with Gasteiger partial charge in [0.15, 0.2) is 0 Å². The molecule has 84 valence electrons. The SMILES string of the molecule is CNC(C)c1nnc(-c2cccc(I)c2)o1. The fraction of sp³-hybridized carbons (Fsp3) is 0.273. The van der Waals surface area contributed by atoms with Crippen LogP contribution in [0.25, 0.3) is 11.5 Å². The second-order valence-electron chi connectivity index (χ2n) is 3.47. The lowest BCUT2D eigenvalue weighted by Crippen LogP contribution is -2.12. The Hall–Kier alpha value is -0.950. The summed E-state index contributed by atoms with van der Waals surface area (Å²) in [4.78, 5) is 0. The molecule has 0 aliphatic heterocycles. The van der Waals surface area contributed by atoms with Gasteiger partial charge in [-0.3, -0.25) is 0 Å². The second kappa shape index (κ2) is 4.92. The van der Waals surface area contributed by atoms with Crippen LogP contribution in [-0.2, 0) is 0 Å². The average Bonchev–Trinajstić information content (AvgIpc) is 2.77. The van der Waals surface area contributed by atoms with Crippen LogP contribution in [0.5, 0.6) is 0 Å². The summed E-state index contributed by atoms with van der Waals surface area (Å²) >= 11 is 2.26. The smallest absolute Gasteiger partial charge is 0.247 e. The van der Waals surface area contributed by atoms with E-state index in [9.17, 15) is 0 Å². The van der Waals surface area contributed by atoms with E-state index in [1.165, 1.54) is 0 Å². The minimum Gasteiger partial charge on any atom is -0.419 e. The largest absolute Gasteiger partial charge is 0.419 e.